The Labute approximate surface area is 135 Å². The molecule has 1 aromatic heterocycles. The number of hydroxylamine groups is 1. The molecule has 1 aliphatic rings. The van der Waals surface area contributed by atoms with Crippen LogP contribution in [0.15, 0.2) is 30.5 Å². The number of amides is 1. The van der Waals surface area contributed by atoms with Crippen LogP contribution in [0.25, 0.3) is 10.9 Å². The van der Waals surface area contributed by atoms with E-state index in [4.69, 9.17) is 9.57 Å². The predicted molar refractivity (Wildman–Crippen MR) is 87.4 cm³/mol. The maximum Gasteiger partial charge on any atom is 0.244 e. The molecule has 0 bridgehead atoms. The summed E-state index contributed by atoms with van der Waals surface area (Å²) in [4.78, 5) is 20.2. The lowest BCUT2D eigenvalue weighted by Gasteiger charge is -2.22. The van der Waals surface area contributed by atoms with Crippen molar-refractivity contribution in [1.82, 2.24) is 15.8 Å². The second-order valence-electron chi connectivity index (χ2n) is 5.73. The molecule has 6 nitrogen and oxygen atoms in total. The Balaban J connectivity index is 1.34. The van der Waals surface area contributed by atoms with Crippen LogP contribution in [0.2, 0.25) is 0 Å². The molecule has 6 heteroatoms. The van der Waals surface area contributed by atoms with Gasteiger partial charge in [-0.2, -0.15) is 0 Å². The van der Waals surface area contributed by atoms with Gasteiger partial charge in [-0.3, -0.25) is 4.79 Å². The van der Waals surface area contributed by atoms with E-state index in [-0.39, 0.29) is 12.2 Å². The molecule has 2 aromatic rings. The van der Waals surface area contributed by atoms with Gasteiger partial charge in [0.25, 0.3) is 0 Å². The van der Waals surface area contributed by atoms with Crippen LogP contribution in [-0.4, -0.2) is 30.3 Å². The van der Waals surface area contributed by atoms with Crippen molar-refractivity contribution >= 4 is 16.8 Å². The molecule has 0 spiro atoms. The first-order valence-corrected chi connectivity index (χ1v) is 8.15. The summed E-state index contributed by atoms with van der Waals surface area (Å²) in [6.45, 7) is 2.02. The van der Waals surface area contributed by atoms with Gasteiger partial charge >= 0.3 is 0 Å². The Morgan fingerprint density at radius 1 is 1.35 bits per heavy atom. The van der Waals surface area contributed by atoms with Gasteiger partial charge in [0, 0.05) is 49.6 Å². The van der Waals surface area contributed by atoms with Crippen LogP contribution in [0.1, 0.15) is 31.2 Å². The minimum Gasteiger partial charge on any atom is -0.361 e. The summed E-state index contributed by atoms with van der Waals surface area (Å²) in [7, 11) is 0. The first kappa shape index (κ1) is 16.0. The smallest absolute Gasteiger partial charge is 0.244 e. The largest absolute Gasteiger partial charge is 0.361 e. The summed E-state index contributed by atoms with van der Waals surface area (Å²) in [5.41, 5.74) is 4.79. The van der Waals surface area contributed by atoms with Crippen molar-refractivity contribution in [2.24, 2.45) is 0 Å². The van der Waals surface area contributed by atoms with Gasteiger partial charge < -0.3 is 15.0 Å². The molecule has 2 heterocycles. The number of hydrogen-bond acceptors (Lipinski definition) is 4. The van der Waals surface area contributed by atoms with Crippen LogP contribution in [0, 0.1) is 0 Å². The van der Waals surface area contributed by atoms with Crippen molar-refractivity contribution in [2.75, 3.05) is 13.2 Å². The number of H-pyrrole nitrogens is 1. The van der Waals surface area contributed by atoms with Crippen LogP contribution >= 0.6 is 0 Å². The van der Waals surface area contributed by atoms with Crippen molar-refractivity contribution < 1.29 is 14.4 Å². The van der Waals surface area contributed by atoms with E-state index in [0.717, 1.165) is 31.3 Å². The average Bonchev–Trinajstić information content (AvgIpc) is 3.01. The molecule has 1 amide bonds. The zero-order valence-electron chi connectivity index (χ0n) is 13.1. The third-order valence-electron chi connectivity index (χ3n) is 3.96. The van der Waals surface area contributed by atoms with Gasteiger partial charge in [0.1, 0.15) is 0 Å². The molecule has 3 N–H and O–H groups in total. The highest BCUT2D eigenvalue weighted by molar-refractivity contribution is 5.83. The fourth-order valence-corrected chi connectivity index (χ4v) is 2.69. The molecule has 1 aliphatic heterocycles. The number of para-hydroxylation sites is 1. The molecule has 0 aliphatic carbocycles. The number of benzene rings is 1. The minimum atomic E-state index is -0.299. The summed E-state index contributed by atoms with van der Waals surface area (Å²) < 4.78 is 5.39. The zero-order valence-corrected chi connectivity index (χ0v) is 13.1. The third-order valence-corrected chi connectivity index (χ3v) is 3.96. The van der Waals surface area contributed by atoms with Gasteiger partial charge in [-0.15, -0.1) is 0 Å². The van der Waals surface area contributed by atoms with Crippen LogP contribution in [-0.2, 0) is 20.9 Å². The highest BCUT2D eigenvalue weighted by Gasteiger charge is 2.15. The van der Waals surface area contributed by atoms with E-state index in [0.29, 0.717) is 19.6 Å². The number of carbonyl (C=O) groups is 1. The number of nitrogens with one attached hydrogen (secondary N) is 3. The summed E-state index contributed by atoms with van der Waals surface area (Å²) in [6.07, 6.45) is 5.04. The molecular formula is C17H23N3O3. The summed E-state index contributed by atoms with van der Waals surface area (Å²) in [5, 5.41) is 4.49. The van der Waals surface area contributed by atoms with Gasteiger partial charge in [0.2, 0.25) is 5.91 Å². The van der Waals surface area contributed by atoms with E-state index >= 15 is 0 Å². The lowest BCUT2D eigenvalue weighted by atomic mass is 10.2. The van der Waals surface area contributed by atoms with Crippen molar-refractivity contribution in [1.29, 1.82) is 0 Å². The molecule has 3 rings (SSSR count). The van der Waals surface area contributed by atoms with E-state index in [1.165, 1.54) is 10.9 Å². The maximum atomic E-state index is 11.7. The normalized spacial score (nSPS) is 18.2. The van der Waals surface area contributed by atoms with E-state index in [2.05, 4.69) is 27.9 Å². The molecule has 1 saturated heterocycles. The highest BCUT2D eigenvalue weighted by atomic mass is 16.8. The van der Waals surface area contributed by atoms with E-state index in [9.17, 15) is 4.79 Å². The number of aromatic amines is 1. The van der Waals surface area contributed by atoms with Gasteiger partial charge in [0.05, 0.1) is 0 Å². The predicted octanol–water partition coefficient (Wildman–Crippen LogP) is 2.22. The Bertz CT molecular complexity index is 635. The Morgan fingerprint density at radius 3 is 3.13 bits per heavy atom. The number of hydrogen-bond donors (Lipinski definition) is 3. The number of aromatic nitrogens is 1. The van der Waals surface area contributed by atoms with Crippen molar-refractivity contribution in [2.45, 2.75) is 38.5 Å². The fraction of sp³-hybridized carbons (Fsp3) is 0.471. The molecular weight excluding hydrogens is 294 g/mol. The summed E-state index contributed by atoms with van der Waals surface area (Å²) in [5.74, 6) is -0.134. The first-order valence-electron chi connectivity index (χ1n) is 8.15. The molecule has 1 aromatic carbocycles. The molecule has 0 radical (unpaired) electrons. The van der Waals surface area contributed by atoms with Gasteiger partial charge in [-0.1, -0.05) is 18.2 Å². The van der Waals surface area contributed by atoms with E-state index < -0.39 is 0 Å². The number of rotatable bonds is 7. The molecule has 23 heavy (non-hydrogen) atoms. The molecule has 124 valence electrons. The van der Waals surface area contributed by atoms with E-state index in [1.807, 2.05) is 18.3 Å². The molecule has 1 fully saturated rings. The summed E-state index contributed by atoms with van der Waals surface area (Å²) >= 11 is 0. The van der Waals surface area contributed by atoms with Gasteiger partial charge in [-0.05, 0) is 24.5 Å². The standard InChI is InChI=1S/C17H23N3O3/c21-16(20-23-17-7-3-4-10-22-17)8-9-18-11-13-12-19-15-6-2-1-5-14(13)15/h1-2,5-6,12,17-19H,3-4,7-11H2,(H,20,21). The van der Waals surface area contributed by atoms with Gasteiger partial charge in [-0.25, -0.2) is 10.3 Å². The lowest BCUT2D eigenvalue weighted by molar-refractivity contribution is -0.200. The SMILES string of the molecule is O=C(CCNCc1c[nH]c2ccccc12)NOC1CCCCO1. The average molecular weight is 317 g/mol. The molecule has 1 atom stereocenters. The van der Waals surface area contributed by atoms with Crippen molar-refractivity contribution in [3.05, 3.63) is 36.0 Å². The molecule has 1 unspecified atom stereocenters. The van der Waals surface area contributed by atoms with E-state index in [1.54, 1.807) is 0 Å². The quantitative estimate of drug-likeness (QED) is 0.541. The zero-order chi connectivity index (χ0) is 15.9. The fourth-order valence-electron chi connectivity index (χ4n) is 2.69. The van der Waals surface area contributed by atoms with Gasteiger partial charge in [0.15, 0.2) is 6.29 Å². The van der Waals surface area contributed by atoms with Crippen LogP contribution in [0.4, 0.5) is 0 Å². The van der Waals surface area contributed by atoms with Crippen molar-refractivity contribution in [3.8, 4) is 0 Å². The highest BCUT2D eigenvalue weighted by Crippen LogP contribution is 2.17. The second-order valence-corrected chi connectivity index (χ2v) is 5.73. The number of carbonyl (C=O) groups excluding carboxylic acids is 1. The number of ether oxygens (including phenoxy) is 1. The Morgan fingerprint density at radius 2 is 2.26 bits per heavy atom. The van der Waals surface area contributed by atoms with Crippen molar-refractivity contribution in [3.63, 3.8) is 0 Å². The Kier molecular flexibility index (Phi) is 5.63. The Hall–Kier alpha value is -1.89. The van der Waals surface area contributed by atoms with Crippen LogP contribution < -0.4 is 10.8 Å². The molecule has 0 saturated carbocycles. The second kappa shape index (κ2) is 8.10. The third kappa shape index (κ3) is 4.54. The maximum absolute atomic E-state index is 11.7. The van der Waals surface area contributed by atoms with Crippen LogP contribution in [0.3, 0.4) is 0 Å². The monoisotopic (exact) mass is 317 g/mol. The first-order chi connectivity index (χ1) is 11.3. The lowest BCUT2D eigenvalue weighted by Crippen LogP contribution is -2.34. The van der Waals surface area contributed by atoms with Crippen LogP contribution in [0.5, 0.6) is 0 Å². The number of fused-ring (bicyclic) bond motifs is 1. The topological polar surface area (TPSA) is 75.4 Å². The summed E-state index contributed by atoms with van der Waals surface area (Å²) in [6, 6.07) is 8.18. The minimum absolute atomic E-state index is 0.134.